The monoisotopic (exact) mass is 351 g/mol. The zero-order chi connectivity index (χ0) is 17.8. The number of hydrogen-bond donors (Lipinski definition) is 1. The largest absolute Gasteiger partial charge is 0.480 e. The number of rotatable bonds is 4. The number of aromatic nitrogens is 1. The second kappa shape index (κ2) is 7.87. The number of carbonyl (C=O) groups excluding carboxylic acids is 1. The summed E-state index contributed by atoms with van der Waals surface area (Å²) in [4.78, 5) is 19.2. The molecule has 2 aliphatic rings. The molecule has 3 heterocycles. The zero-order valence-electron chi connectivity index (χ0n) is 14.9. The highest BCUT2D eigenvalue weighted by atomic mass is 16.5. The Morgan fingerprint density at radius 1 is 1.15 bits per heavy atom. The third-order valence-corrected chi connectivity index (χ3v) is 5.27. The molecule has 5 heteroatoms. The number of nitrogens with one attached hydrogen (secondary N) is 1. The highest BCUT2D eigenvalue weighted by Gasteiger charge is 2.28. The Bertz CT molecular complexity index is 742. The van der Waals surface area contributed by atoms with Gasteiger partial charge in [0.2, 0.25) is 0 Å². The average molecular weight is 351 g/mol. The minimum atomic E-state index is -0.363. The highest BCUT2D eigenvalue weighted by Crippen LogP contribution is 2.27. The second-order valence-corrected chi connectivity index (χ2v) is 7.17. The van der Waals surface area contributed by atoms with Crippen LogP contribution in [-0.4, -0.2) is 41.0 Å². The molecular weight excluding hydrogens is 326 g/mol. The number of pyridine rings is 1. The van der Waals surface area contributed by atoms with Crippen molar-refractivity contribution in [1.82, 2.24) is 15.2 Å². The van der Waals surface area contributed by atoms with Crippen molar-refractivity contribution in [3.8, 4) is 5.75 Å². The number of likely N-dealkylation sites (tertiary alicyclic amines) is 1. The number of benzene rings is 1. The minimum absolute atomic E-state index is 0.0326. The van der Waals surface area contributed by atoms with Crippen LogP contribution in [0, 0.1) is 0 Å². The number of aryl methyl sites for hydroxylation is 1. The third-order valence-electron chi connectivity index (χ3n) is 5.27. The van der Waals surface area contributed by atoms with Crippen LogP contribution in [0.15, 0.2) is 48.8 Å². The number of para-hydroxylation sites is 1. The Morgan fingerprint density at radius 2 is 2.00 bits per heavy atom. The Kier molecular flexibility index (Phi) is 5.16. The molecular formula is C21H25N3O2. The molecule has 0 unspecified atom stereocenters. The third kappa shape index (κ3) is 4.05. The summed E-state index contributed by atoms with van der Waals surface area (Å²) in [6.07, 6.45) is 6.98. The molecule has 1 aromatic heterocycles. The standard InChI is InChI=1S/C21H25N3O2/c25-21(20-8-7-17-5-1-2-6-19(17)26-20)23-18-9-12-24(13-10-18)15-16-4-3-11-22-14-16/h1-6,11,14,18,20H,7-10,12-13,15H2,(H,23,25)/t20-/m1/s1. The van der Waals surface area contributed by atoms with Crippen molar-refractivity contribution in [2.45, 2.75) is 44.4 Å². The lowest BCUT2D eigenvalue weighted by atomic mass is 10.0. The summed E-state index contributed by atoms with van der Waals surface area (Å²) < 4.78 is 5.91. The van der Waals surface area contributed by atoms with E-state index >= 15 is 0 Å². The maximum absolute atomic E-state index is 12.6. The smallest absolute Gasteiger partial charge is 0.261 e. The van der Waals surface area contributed by atoms with Crippen LogP contribution in [0.2, 0.25) is 0 Å². The maximum Gasteiger partial charge on any atom is 0.261 e. The molecule has 1 amide bonds. The van der Waals surface area contributed by atoms with Gasteiger partial charge in [0.1, 0.15) is 5.75 Å². The number of nitrogens with zero attached hydrogens (tertiary/aromatic N) is 2. The summed E-state index contributed by atoms with van der Waals surface area (Å²) >= 11 is 0. The van der Waals surface area contributed by atoms with Crippen LogP contribution in [0.3, 0.4) is 0 Å². The predicted octanol–water partition coefficient (Wildman–Crippen LogP) is 2.56. The topological polar surface area (TPSA) is 54.5 Å². The zero-order valence-corrected chi connectivity index (χ0v) is 14.9. The van der Waals surface area contributed by atoms with E-state index in [4.69, 9.17) is 4.74 Å². The average Bonchev–Trinajstić information content (AvgIpc) is 2.70. The molecule has 1 atom stereocenters. The summed E-state index contributed by atoms with van der Waals surface area (Å²) in [5.74, 6) is 0.885. The van der Waals surface area contributed by atoms with Gasteiger partial charge in [-0.2, -0.15) is 0 Å². The summed E-state index contributed by atoms with van der Waals surface area (Å²) in [5.41, 5.74) is 2.43. The Labute approximate surface area is 154 Å². The molecule has 0 aliphatic carbocycles. The molecule has 2 aliphatic heterocycles. The molecule has 26 heavy (non-hydrogen) atoms. The van der Waals surface area contributed by atoms with Crippen molar-refractivity contribution in [3.63, 3.8) is 0 Å². The Balaban J connectivity index is 1.25. The second-order valence-electron chi connectivity index (χ2n) is 7.17. The summed E-state index contributed by atoms with van der Waals surface area (Å²) in [7, 11) is 0. The molecule has 1 N–H and O–H groups in total. The molecule has 136 valence electrons. The number of piperidine rings is 1. The maximum atomic E-state index is 12.6. The van der Waals surface area contributed by atoms with Gasteiger partial charge in [-0.25, -0.2) is 0 Å². The van der Waals surface area contributed by atoms with Gasteiger partial charge in [-0.05, 0) is 48.9 Å². The number of hydrogen-bond acceptors (Lipinski definition) is 4. The van der Waals surface area contributed by atoms with Gasteiger partial charge in [-0.3, -0.25) is 14.7 Å². The quantitative estimate of drug-likeness (QED) is 0.920. The van der Waals surface area contributed by atoms with Gasteiger partial charge in [0.05, 0.1) is 0 Å². The van der Waals surface area contributed by atoms with Gasteiger partial charge in [0.15, 0.2) is 6.10 Å². The van der Waals surface area contributed by atoms with Crippen LogP contribution in [0.1, 0.15) is 30.4 Å². The summed E-state index contributed by atoms with van der Waals surface area (Å²) in [5, 5.41) is 3.20. The van der Waals surface area contributed by atoms with E-state index in [1.54, 1.807) is 6.20 Å². The lowest BCUT2D eigenvalue weighted by molar-refractivity contribution is -0.129. The lowest BCUT2D eigenvalue weighted by Crippen LogP contribution is -2.49. The number of amides is 1. The molecule has 1 fully saturated rings. The van der Waals surface area contributed by atoms with E-state index in [-0.39, 0.29) is 18.1 Å². The Morgan fingerprint density at radius 3 is 2.81 bits per heavy atom. The van der Waals surface area contributed by atoms with Gasteiger partial charge in [-0.1, -0.05) is 24.3 Å². The van der Waals surface area contributed by atoms with Crippen LogP contribution >= 0.6 is 0 Å². The first-order valence-corrected chi connectivity index (χ1v) is 9.44. The van der Waals surface area contributed by atoms with Gasteiger partial charge in [0, 0.05) is 38.1 Å². The molecule has 1 saturated heterocycles. The van der Waals surface area contributed by atoms with Gasteiger partial charge in [0.25, 0.3) is 5.91 Å². The lowest BCUT2D eigenvalue weighted by Gasteiger charge is -2.33. The number of fused-ring (bicyclic) bond motifs is 1. The normalized spacial score (nSPS) is 20.8. The van der Waals surface area contributed by atoms with E-state index < -0.39 is 0 Å². The van der Waals surface area contributed by atoms with Crippen molar-refractivity contribution in [3.05, 3.63) is 59.9 Å². The fourth-order valence-corrected chi connectivity index (χ4v) is 3.79. The van der Waals surface area contributed by atoms with Gasteiger partial charge < -0.3 is 10.1 Å². The first-order valence-electron chi connectivity index (χ1n) is 9.44. The van der Waals surface area contributed by atoms with E-state index in [9.17, 15) is 4.79 Å². The fourth-order valence-electron chi connectivity index (χ4n) is 3.79. The first-order chi connectivity index (χ1) is 12.8. The van der Waals surface area contributed by atoms with Crippen LogP contribution in [0.5, 0.6) is 5.75 Å². The number of carbonyl (C=O) groups is 1. The molecule has 1 aromatic carbocycles. The van der Waals surface area contributed by atoms with Crippen molar-refractivity contribution in [2.75, 3.05) is 13.1 Å². The first kappa shape index (κ1) is 17.0. The van der Waals surface area contributed by atoms with Gasteiger partial charge in [-0.15, -0.1) is 0 Å². The van der Waals surface area contributed by atoms with Crippen LogP contribution < -0.4 is 10.1 Å². The van der Waals surface area contributed by atoms with Crippen molar-refractivity contribution in [1.29, 1.82) is 0 Å². The molecule has 5 nitrogen and oxygen atoms in total. The molecule has 0 radical (unpaired) electrons. The van der Waals surface area contributed by atoms with Crippen LogP contribution in [0.4, 0.5) is 0 Å². The summed E-state index contributed by atoms with van der Waals surface area (Å²) in [6.45, 7) is 2.92. The van der Waals surface area contributed by atoms with Crippen LogP contribution in [0.25, 0.3) is 0 Å². The van der Waals surface area contributed by atoms with E-state index in [0.717, 1.165) is 51.1 Å². The van der Waals surface area contributed by atoms with E-state index in [1.165, 1.54) is 11.1 Å². The predicted molar refractivity (Wildman–Crippen MR) is 99.9 cm³/mol. The fraction of sp³-hybridized carbons (Fsp3) is 0.429. The van der Waals surface area contributed by atoms with E-state index in [1.807, 2.05) is 30.5 Å². The Hall–Kier alpha value is -2.40. The highest BCUT2D eigenvalue weighted by molar-refractivity contribution is 5.81. The number of ether oxygens (including phenoxy) is 1. The van der Waals surface area contributed by atoms with E-state index in [0.29, 0.717) is 0 Å². The van der Waals surface area contributed by atoms with E-state index in [2.05, 4.69) is 27.3 Å². The SMILES string of the molecule is O=C(NC1CCN(Cc2cccnc2)CC1)[C@H]1CCc2ccccc2O1. The molecule has 0 spiro atoms. The molecule has 0 saturated carbocycles. The minimum Gasteiger partial charge on any atom is -0.480 e. The van der Waals surface area contributed by atoms with Gasteiger partial charge >= 0.3 is 0 Å². The van der Waals surface area contributed by atoms with Crippen LogP contribution in [-0.2, 0) is 17.8 Å². The van der Waals surface area contributed by atoms with Crippen molar-refractivity contribution < 1.29 is 9.53 Å². The van der Waals surface area contributed by atoms with Crippen molar-refractivity contribution >= 4 is 5.91 Å². The molecule has 0 bridgehead atoms. The molecule has 2 aromatic rings. The molecule has 4 rings (SSSR count). The van der Waals surface area contributed by atoms with Crippen molar-refractivity contribution in [2.24, 2.45) is 0 Å². The summed E-state index contributed by atoms with van der Waals surface area (Å²) in [6, 6.07) is 12.3.